The normalized spacial score (nSPS) is 0. The molecule has 0 bridgehead atoms. The smallest absolute Gasteiger partial charge is 0 e. The maximum atomic E-state index is 0. The van der Waals surface area contributed by atoms with Gasteiger partial charge in [0, 0.05) is 87.5 Å². The second-order valence-corrected chi connectivity index (χ2v) is 0. The fraction of sp³-hybridized carbons (Fsp3) is 0. The molecule has 0 N–H and O–H groups in total. The van der Waals surface area contributed by atoms with E-state index in [0.29, 0.717) is 0 Å². The van der Waals surface area contributed by atoms with E-state index in [1.807, 2.05) is 0 Å². The molecule has 0 heterocycles. The second-order valence-electron chi connectivity index (χ2n) is 0. The Bertz CT molecular complexity index is 15.5. The maximum Gasteiger partial charge on any atom is 0 e. The summed E-state index contributed by atoms with van der Waals surface area (Å²) < 4.78 is 0. The van der Waals surface area contributed by atoms with Crippen LogP contribution in [-0.2, 0) is 70.4 Å². The third kappa shape index (κ3) is 26.2. The van der Waals surface area contributed by atoms with Crippen LogP contribution in [0.4, 0.5) is 0 Å². The molecule has 40 valence electrons. The zero-order valence-corrected chi connectivity index (χ0v) is 12.9. The molecule has 0 aliphatic carbocycles. The molecule has 0 nitrogen and oxygen atoms in total. The summed E-state index contributed by atoms with van der Waals surface area (Å²) in [5.74, 6) is 0. The molecule has 4 radical (unpaired) electrons. The van der Waals surface area contributed by atoms with Crippen molar-refractivity contribution in [3.05, 3.63) is 0 Å². The first-order valence-electron chi connectivity index (χ1n) is 0. The summed E-state index contributed by atoms with van der Waals surface area (Å²) in [5.41, 5.74) is 0. The molecule has 0 spiro atoms. The zero-order chi connectivity index (χ0) is 0. The SMILES string of the molecule is I.[Co].[Fe].[Mn].[Se].[Zn]. The van der Waals surface area contributed by atoms with Crippen molar-refractivity contribution in [2.24, 2.45) is 0 Å². The van der Waals surface area contributed by atoms with Gasteiger partial charge in [0.2, 0.25) is 0 Å². The average Bonchev–Trinajstić information content (AvgIpc) is 0. The summed E-state index contributed by atoms with van der Waals surface area (Å²) in [5, 5.41) is 0. The van der Waals surface area contributed by atoms with Crippen molar-refractivity contribution < 1.29 is 70.4 Å². The number of hydrogen-bond donors (Lipinski definition) is 0. The van der Waals surface area contributed by atoms with Crippen LogP contribution in [0.1, 0.15) is 0 Å². The van der Waals surface area contributed by atoms with Crippen LogP contribution in [-0.4, -0.2) is 17.1 Å². The van der Waals surface area contributed by atoms with Gasteiger partial charge in [-0.15, -0.1) is 24.0 Å². The van der Waals surface area contributed by atoms with Crippen LogP contribution in [0.2, 0.25) is 0 Å². The number of halogens is 1. The van der Waals surface area contributed by atoms with Gasteiger partial charge in [-0.1, -0.05) is 0 Å². The molecule has 0 aliphatic rings. The molecule has 0 unspecified atom stereocenters. The van der Waals surface area contributed by atoms with Crippen LogP contribution in [0.5, 0.6) is 0 Å². The van der Waals surface area contributed by atoms with Gasteiger partial charge in [0.05, 0.1) is 0 Å². The Kier molecular flexibility index (Phi) is 377. The van der Waals surface area contributed by atoms with Gasteiger partial charge in [-0.05, 0) is 0 Å². The minimum Gasteiger partial charge on any atom is -0.107 e. The molecule has 0 atom stereocenters. The molecule has 6 heavy (non-hydrogen) atoms. The van der Waals surface area contributed by atoms with Crippen molar-refractivity contribution >= 4 is 41.0 Å². The fourth-order valence-electron chi connectivity index (χ4n) is 0. The van der Waals surface area contributed by atoms with Gasteiger partial charge in [0.1, 0.15) is 0 Å². The van der Waals surface area contributed by atoms with Crippen molar-refractivity contribution in [1.82, 2.24) is 0 Å². The molecular formula is HCoFeIMnSeZn. The summed E-state index contributed by atoms with van der Waals surface area (Å²) in [6, 6.07) is 0. The van der Waals surface area contributed by atoms with Crippen LogP contribution >= 0.6 is 24.0 Å². The first kappa shape index (κ1) is 57.1. The van der Waals surface area contributed by atoms with Crippen molar-refractivity contribution in [3.8, 4) is 0 Å². The van der Waals surface area contributed by atoms with Crippen LogP contribution in [0.3, 0.4) is 0 Å². The summed E-state index contributed by atoms with van der Waals surface area (Å²) in [4.78, 5) is 0. The zero-order valence-electron chi connectivity index (χ0n) is 2.59. The molecule has 0 aliphatic heterocycles. The molecular weight excluding hydrogens is 441 g/mol. The predicted molar refractivity (Wildman–Crippen MR) is 21.2 cm³/mol. The molecule has 6 heteroatoms. The third-order valence-electron chi connectivity index (χ3n) is 0. The molecule has 0 aromatic carbocycles. The van der Waals surface area contributed by atoms with E-state index in [9.17, 15) is 0 Å². The van der Waals surface area contributed by atoms with Gasteiger partial charge in [-0.25, -0.2) is 0 Å². The largest absolute Gasteiger partial charge is 0.107 e. The molecule has 0 fully saturated rings. The number of rotatable bonds is 0. The van der Waals surface area contributed by atoms with E-state index >= 15 is 0 Å². The van der Waals surface area contributed by atoms with E-state index in [4.69, 9.17) is 0 Å². The van der Waals surface area contributed by atoms with Crippen molar-refractivity contribution in [2.75, 3.05) is 0 Å². The Morgan fingerprint density at radius 2 is 1.00 bits per heavy atom. The minimum absolute atomic E-state index is 0. The van der Waals surface area contributed by atoms with Crippen LogP contribution in [0, 0.1) is 0 Å². The van der Waals surface area contributed by atoms with Gasteiger partial charge in [0.15, 0.2) is 0 Å². The molecule has 0 amide bonds. The minimum atomic E-state index is 0. The van der Waals surface area contributed by atoms with E-state index in [1.54, 1.807) is 0 Å². The Hall–Kier alpha value is 3.42. The molecule has 0 rings (SSSR count). The third-order valence-corrected chi connectivity index (χ3v) is 0. The summed E-state index contributed by atoms with van der Waals surface area (Å²) >= 11 is 0. The topological polar surface area (TPSA) is 0 Å². The van der Waals surface area contributed by atoms with E-state index in [0.717, 1.165) is 0 Å². The van der Waals surface area contributed by atoms with E-state index in [-0.39, 0.29) is 111 Å². The van der Waals surface area contributed by atoms with E-state index < -0.39 is 0 Å². The van der Waals surface area contributed by atoms with Gasteiger partial charge >= 0.3 is 0 Å². The summed E-state index contributed by atoms with van der Waals surface area (Å²) in [6.07, 6.45) is 0. The molecule has 0 aromatic heterocycles. The Labute approximate surface area is 110 Å². The monoisotopic (exact) mass is 442 g/mol. The Balaban J connectivity index is 0. The van der Waals surface area contributed by atoms with Crippen LogP contribution in [0.25, 0.3) is 0 Å². The second kappa shape index (κ2) is 39.6. The van der Waals surface area contributed by atoms with Crippen LogP contribution in [0.15, 0.2) is 0 Å². The van der Waals surface area contributed by atoms with Crippen molar-refractivity contribution in [3.63, 3.8) is 0 Å². The van der Waals surface area contributed by atoms with E-state index in [2.05, 4.69) is 0 Å². The standard InChI is InChI=1S/Co.Fe.HI.Mn.Se.Zn/h;;1H;;;. The van der Waals surface area contributed by atoms with Gasteiger partial charge < -0.3 is 0 Å². The summed E-state index contributed by atoms with van der Waals surface area (Å²) in [7, 11) is 0. The number of hydrogen-bond acceptors (Lipinski definition) is 0. The quantitative estimate of drug-likeness (QED) is 0.373. The van der Waals surface area contributed by atoms with E-state index in [1.165, 1.54) is 0 Å². The summed E-state index contributed by atoms with van der Waals surface area (Å²) in [6.45, 7) is 0. The molecule has 0 aromatic rings. The van der Waals surface area contributed by atoms with Crippen molar-refractivity contribution in [1.29, 1.82) is 0 Å². The Morgan fingerprint density at radius 3 is 1.00 bits per heavy atom. The first-order valence-corrected chi connectivity index (χ1v) is 0. The first-order chi connectivity index (χ1) is 0. The van der Waals surface area contributed by atoms with Crippen LogP contribution < -0.4 is 0 Å². The van der Waals surface area contributed by atoms with Gasteiger partial charge in [0.25, 0.3) is 0 Å². The fourth-order valence-corrected chi connectivity index (χ4v) is 0. The Morgan fingerprint density at radius 1 is 1.00 bits per heavy atom. The van der Waals surface area contributed by atoms with Gasteiger partial charge in [-0.3, -0.25) is 0 Å². The maximum absolute atomic E-state index is 0. The average molecular weight is 442 g/mol. The molecule has 0 saturated carbocycles. The van der Waals surface area contributed by atoms with Crippen molar-refractivity contribution in [2.45, 2.75) is 0 Å². The predicted octanol–water partition coefficient (Wildman–Crippen LogP) is 0.227. The molecule has 0 saturated heterocycles. The van der Waals surface area contributed by atoms with Gasteiger partial charge in [-0.2, -0.15) is 0 Å².